The van der Waals surface area contributed by atoms with E-state index in [1.807, 2.05) is 23.6 Å². The first-order valence-electron chi connectivity index (χ1n) is 4.16. The summed E-state index contributed by atoms with van der Waals surface area (Å²) in [5, 5.41) is 4.35. The summed E-state index contributed by atoms with van der Waals surface area (Å²) in [6.07, 6.45) is 0. The van der Waals surface area contributed by atoms with Crippen LogP contribution in [0.5, 0.6) is 0 Å². The van der Waals surface area contributed by atoms with Crippen LogP contribution in [0.1, 0.15) is 5.82 Å². The summed E-state index contributed by atoms with van der Waals surface area (Å²) >= 11 is 5.18. The molecule has 0 N–H and O–H groups in total. The molecule has 0 saturated heterocycles. The number of hydrogen-bond acceptors (Lipinski definition) is 3. The van der Waals surface area contributed by atoms with Gasteiger partial charge in [0.25, 0.3) is 0 Å². The molecule has 2 aromatic heterocycles. The van der Waals surface area contributed by atoms with Crippen molar-refractivity contribution < 1.29 is 0 Å². The Morgan fingerprint density at radius 2 is 2.29 bits per heavy atom. The first-order valence-corrected chi connectivity index (χ1v) is 5.77. The number of halogens is 1. The molecular formula is C9H6BrN3S. The van der Waals surface area contributed by atoms with Gasteiger partial charge < -0.3 is 0 Å². The second-order valence-corrected chi connectivity index (χ2v) is 4.91. The number of fused-ring (bicyclic) bond motifs is 3. The molecule has 70 valence electrons. The Bertz CT molecular complexity index is 625. The highest BCUT2D eigenvalue weighted by Gasteiger charge is 2.10. The Kier molecular flexibility index (Phi) is 1.66. The van der Waals surface area contributed by atoms with Crippen molar-refractivity contribution in [3.63, 3.8) is 0 Å². The molecule has 0 aliphatic carbocycles. The number of hydrogen-bond donors (Lipinski definition) is 0. The predicted molar refractivity (Wildman–Crippen MR) is 60.8 cm³/mol. The zero-order chi connectivity index (χ0) is 9.71. The highest BCUT2D eigenvalue weighted by Crippen LogP contribution is 2.30. The zero-order valence-corrected chi connectivity index (χ0v) is 9.76. The van der Waals surface area contributed by atoms with Crippen molar-refractivity contribution in [1.82, 2.24) is 14.6 Å². The maximum Gasteiger partial charge on any atom is 0.213 e. The Balaban J connectivity index is 2.61. The fraction of sp³-hybridized carbons (Fsp3) is 0.111. The van der Waals surface area contributed by atoms with Crippen molar-refractivity contribution in [3.8, 4) is 0 Å². The highest BCUT2D eigenvalue weighted by molar-refractivity contribution is 9.10. The van der Waals surface area contributed by atoms with E-state index in [1.165, 1.54) is 4.70 Å². The van der Waals surface area contributed by atoms with Gasteiger partial charge in [0.1, 0.15) is 5.82 Å². The van der Waals surface area contributed by atoms with Gasteiger partial charge in [0.15, 0.2) is 0 Å². The fourth-order valence-corrected chi connectivity index (χ4v) is 3.19. The van der Waals surface area contributed by atoms with E-state index >= 15 is 0 Å². The molecule has 0 saturated carbocycles. The molecule has 0 fully saturated rings. The molecule has 0 aliphatic heterocycles. The van der Waals surface area contributed by atoms with Gasteiger partial charge in [-0.1, -0.05) is 17.4 Å². The molecule has 2 heterocycles. The minimum atomic E-state index is 0.814. The molecule has 0 atom stereocenters. The average molecular weight is 268 g/mol. The Morgan fingerprint density at radius 1 is 1.43 bits per heavy atom. The highest BCUT2D eigenvalue weighted by atomic mass is 79.9. The van der Waals surface area contributed by atoms with Gasteiger partial charge in [0.2, 0.25) is 4.96 Å². The average Bonchev–Trinajstić information content (AvgIpc) is 2.60. The Labute approximate surface area is 92.5 Å². The summed E-state index contributed by atoms with van der Waals surface area (Å²) in [7, 11) is 0. The van der Waals surface area contributed by atoms with Crippen molar-refractivity contribution in [1.29, 1.82) is 0 Å². The van der Waals surface area contributed by atoms with E-state index in [0.29, 0.717) is 0 Å². The molecular weight excluding hydrogens is 262 g/mol. The lowest BCUT2D eigenvalue weighted by Gasteiger charge is -1.92. The molecule has 0 unspecified atom stereocenters. The summed E-state index contributed by atoms with van der Waals surface area (Å²) in [5.41, 5.74) is 1.10. The third-order valence-electron chi connectivity index (χ3n) is 2.05. The quantitative estimate of drug-likeness (QED) is 0.627. The predicted octanol–water partition coefficient (Wildman–Crippen LogP) is 3.01. The smallest absolute Gasteiger partial charge is 0.202 e. The number of rotatable bonds is 0. The van der Waals surface area contributed by atoms with Crippen LogP contribution >= 0.6 is 27.3 Å². The van der Waals surface area contributed by atoms with Crippen LogP contribution in [0.2, 0.25) is 0 Å². The van der Waals surface area contributed by atoms with Crippen LogP contribution in [0.3, 0.4) is 0 Å². The van der Waals surface area contributed by atoms with E-state index in [4.69, 9.17) is 0 Å². The van der Waals surface area contributed by atoms with E-state index in [0.717, 1.165) is 20.8 Å². The number of thiazole rings is 1. The minimum Gasteiger partial charge on any atom is -0.202 e. The van der Waals surface area contributed by atoms with Crippen molar-refractivity contribution >= 4 is 42.4 Å². The van der Waals surface area contributed by atoms with Crippen LogP contribution in [0, 0.1) is 6.92 Å². The second kappa shape index (κ2) is 2.77. The van der Waals surface area contributed by atoms with Gasteiger partial charge in [-0.2, -0.15) is 5.10 Å². The molecule has 5 heteroatoms. The minimum absolute atomic E-state index is 0.814. The van der Waals surface area contributed by atoms with Gasteiger partial charge in [-0.05, 0) is 35.0 Å². The number of aryl methyl sites for hydroxylation is 1. The largest absolute Gasteiger partial charge is 0.213 e. The standard InChI is InChI=1S/C9H6BrN3S/c1-5-11-9-13(12-5)8-6(10)3-2-4-7(8)14-9/h2-4H,1H3. The first-order chi connectivity index (χ1) is 6.75. The molecule has 3 rings (SSSR count). The van der Waals surface area contributed by atoms with Crippen molar-refractivity contribution in [2.24, 2.45) is 0 Å². The summed E-state index contributed by atoms with van der Waals surface area (Å²) in [6, 6.07) is 6.12. The molecule has 0 bridgehead atoms. The van der Waals surface area contributed by atoms with Gasteiger partial charge in [0, 0.05) is 4.47 Å². The topological polar surface area (TPSA) is 30.2 Å². The summed E-state index contributed by atoms with van der Waals surface area (Å²) < 4.78 is 4.15. The van der Waals surface area contributed by atoms with E-state index in [2.05, 4.69) is 32.1 Å². The normalized spacial score (nSPS) is 11.6. The lowest BCUT2D eigenvalue weighted by Crippen LogP contribution is -1.84. The number of para-hydroxylation sites is 1. The van der Waals surface area contributed by atoms with Crippen LogP contribution in [0.25, 0.3) is 15.2 Å². The molecule has 0 aliphatic rings. The SMILES string of the molecule is Cc1nc2sc3cccc(Br)c3n2n1. The third-order valence-corrected chi connectivity index (χ3v) is 3.68. The number of nitrogens with zero attached hydrogens (tertiary/aromatic N) is 3. The van der Waals surface area contributed by atoms with E-state index in [9.17, 15) is 0 Å². The summed E-state index contributed by atoms with van der Waals surface area (Å²) in [4.78, 5) is 5.29. The Morgan fingerprint density at radius 3 is 3.14 bits per heavy atom. The molecule has 3 aromatic rings. The fourth-order valence-electron chi connectivity index (χ4n) is 1.49. The van der Waals surface area contributed by atoms with Crippen LogP contribution in [-0.4, -0.2) is 14.6 Å². The second-order valence-electron chi connectivity index (χ2n) is 3.04. The molecule has 1 aromatic carbocycles. The van der Waals surface area contributed by atoms with Gasteiger partial charge in [-0.3, -0.25) is 0 Å². The lowest BCUT2D eigenvalue weighted by atomic mass is 10.3. The number of benzene rings is 1. The van der Waals surface area contributed by atoms with E-state index < -0.39 is 0 Å². The van der Waals surface area contributed by atoms with Gasteiger partial charge in [0.05, 0.1) is 10.2 Å². The molecule has 14 heavy (non-hydrogen) atoms. The third kappa shape index (κ3) is 1.02. The lowest BCUT2D eigenvalue weighted by molar-refractivity contribution is 0.970. The van der Waals surface area contributed by atoms with Gasteiger partial charge in [-0.15, -0.1) is 0 Å². The van der Waals surface area contributed by atoms with E-state index in [-0.39, 0.29) is 0 Å². The molecule has 0 amide bonds. The van der Waals surface area contributed by atoms with Crippen LogP contribution in [-0.2, 0) is 0 Å². The molecule has 3 nitrogen and oxygen atoms in total. The van der Waals surface area contributed by atoms with Crippen LogP contribution in [0.4, 0.5) is 0 Å². The van der Waals surface area contributed by atoms with Crippen molar-refractivity contribution in [2.75, 3.05) is 0 Å². The zero-order valence-electron chi connectivity index (χ0n) is 7.36. The van der Waals surface area contributed by atoms with Crippen LogP contribution < -0.4 is 0 Å². The monoisotopic (exact) mass is 267 g/mol. The molecule has 0 spiro atoms. The van der Waals surface area contributed by atoms with Gasteiger partial charge in [-0.25, -0.2) is 9.50 Å². The first kappa shape index (κ1) is 8.38. The Hall–Kier alpha value is -0.940. The maximum atomic E-state index is 4.35. The summed E-state index contributed by atoms with van der Waals surface area (Å²) in [5.74, 6) is 0.814. The number of aromatic nitrogens is 3. The van der Waals surface area contributed by atoms with Gasteiger partial charge >= 0.3 is 0 Å². The van der Waals surface area contributed by atoms with Crippen molar-refractivity contribution in [2.45, 2.75) is 6.92 Å². The summed E-state index contributed by atoms with van der Waals surface area (Å²) in [6.45, 7) is 1.91. The van der Waals surface area contributed by atoms with Crippen molar-refractivity contribution in [3.05, 3.63) is 28.5 Å². The molecule has 0 radical (unpaired) electrons. The van der Waals surface area contributed by atoms with E-state index in [1.54, 1.807) is 11.3 Å². The van der Waals surface area contributed by atoms with Crippen LogP contribution in [0.15, 0.2) is 22.7 Å². The maximum absolute atomic E-state index is 4.35.